The van der Waals surface area contributed by atoms with Gasteiger partial charge in [-0.1, -0.05) is 12.8 Å². The van der Waals surface area contributed by atoms with Crippen LogP contribution in [0, 0.1) is 10.8 Å². The SMILES string of the molecule is Cl.Cl.N=C(CCCCCCC(=N)ON1C(=O)CCC1=O)ON1C(=O)CCC1=O. The van der Waals surface area contributed by atoms with Gasteiger partial charge in [0.15, 0.2) is 0 Å². The molecule has 28 heavy (non-hydrogen) atoms. The number of unbranched alkanes of at least 4 members (excludes halogenated alkanes) is 3. The molecule has 0 radical (unpaired) electrons. The molecule has 2 N–H and O–H groups in total. The summed E-state index contributed by atoms with van der Waals surface area (Å²) in [4.78, 5) is 55.4. The van der Waals surface area contributed by atoms with Crippen LogP contribution in [0.2, 0.25) is 0 Å². The number of hydroxylamine groups is 4. The first-order valence-corrected chi connectivity index (χ1v) is 8.61. The van der Waals surface area contributed by atoms with E-state index >= 15 is 0 Å². The number of rotatable bonds is 9. The predicted octanol–water partition coefficient (Wildman–Crippen LogP) is 2.29. The maximum Gasteiger partial charge on any atom is 0.263 e. The summed E-state index contributed by atoms with van der Waals surface area (Å²) in [6.45, 7) is 0. The van der Waals surface area contributed by atoms with Crippen LogP contribution in [0.25, 0.3) is 0 Å². The molecule has 158 valence electrons. The molecule has 4 amide bonds. The topological polar surface area (TPSA) is 141 Å². The van der Waals surface area contributed by atoms with Crippen LogP contribution in [-0.2, 0) is 28.9 Å². The zero-order chi connectivity index (χ0) is 19.1. The summed E-state index contributed by atoms with van der Waals surface area (Å²) in [6, 6.07) is 0. The lowest BCUT2D eigenvalue weighted by Crippen LogP contribution is -2.31. The quantitative estimate of drug-likeness (QED) is 0.244. The number of carbonyl (C=O) groups is 4. The summed E-state index contributed by atoms with van der Waals surface area (Å²) in [6.07, 6.45) is 3.92. The first kappa shape index (κ1) is 25.8. The Morgan fingerprint density at radius 2 is 0.929 bits per heavy atom. The maximum absolute atomic E-state index is 11.4. The van der Waals surface area contributed by atoms with Gasteiger partial charge in [0, 0.05) is 38.5 Å². The van der Waals surface area contributed by atoms with Gasteiger partial charge in [-0.2, -0.15) is 0 Å². The van der Waals surface area contributed by atoms with E-state index in [4.69, 9.17) is 20.5 Å². The van der Waals surface area contributed by atoms with Gasteiger partial charge >= 0.3 is 0 Å². The molecule has 2 rings (SSSR count). The highest BCUT2D eigenvalue weighted by Crippen LogP contribution is 2.15. The van der Waals surface area contributed by atoms with Gasteiger partial charge in [-0.05, 0) is 12.8 Å². The number of hydrogen-bond donors (Lipinski definition) is 2. The van der Waals surface area contributed by atoms with Crippen molar-refractivity contribution in [2.24, 2.45) is 0 Å². The van der Waals surface area contributed by atoms with E-state index < -0.39 is 23.6 Å². The van der Waals surface area contributed by atoms with E-state index in [0.717, 1.165) is 12.8 Å². The molecule has 0 atom stereocenters. The normalized spacial score (nSPS) is 16.0. The highest BCUT2D eigenvalue weighted by Gasteiger charge is 2.32. The van der Waals surface area contributed by atoms with Gasteiger partial charge < -0.3 is 9.68 Å². The van der Waals surface area contributed by atoms with Crippen molar-refractivity contribution in [2.75, 3.05) is 0 Å². The van der Waals surface area contributed by atoms with E-state index in [2.05, 4.69) is 0 Å². The Hall–Kier alpha value is -2.20. The largest absolute Gasteiger partial charge is 0.354 e. The van der Waals surface area contributed by atoms with Crippen LogP contribution in [0.15, 0.2) is 0 Å². The van der Waals surface area contributed by atoms with E-state index in [1.165, 1.54) is 0 Å². The first-order chi connectivity index (χ1) is 12.4. The van der Waals surface area contributed by atoms with Crippen LogP contribution in [0.1, 0.15) is 64.2 Å². The number of hydrogen-bond acceptors (Lipinski definition) is 8. The Bertz CT molecular complexity index is 557. The van der Waals surface area contributed by atoms with Gasteiger partial charge in [0.1, 0.15) is 0 Å². The van der Waals surface area contributed by atoms with Crippen LogP contribution in [0.5, 0.6) is 0 Å². The van der Waals surface area contributed by atoms with Crippen molar-refractivity contribution in [1.82, 2.24) is 10.1 Å². The maximum atomic E-state index is 11.4. The molecule has 0 bridgehead atoms. The van der Waals surface area contributed by atoms with Gasteiger partial charge in [-0.25, -0.2) is 0 Å². The summed E-state index contributed by atoms with van der Waals surface area (Å²) >= 11 is 0. The molecule has 0 aromatic carbocycles. The molecule has 0 spiro atoms. The lowest BCUT2D eigenvalue weighted by molar-refractivity contribution is -0.169. The number of halogens is 2. The van der Waals surface area contributed by atoms with Crippen LogP contribution in [-0.4, -0.2) is 45.6 Å². The lowest BCUT2D eigenvalue weighted by atomic mass is 10.1. The summed E-state index contributed by atoms with van der Waals surface area (Å²) in [5.41, 5.74) is 0. The third-order valence-corrected chi connectivity index (χ3v) is 3.97. The third kappa shape index (κ3) is 7.43. The zero-order valence-corrected chi connectivity index (χ0v) is 16.9. The van der Waals surface area contributed by atoms with Crippen molar-refractivity contribution in [3.63, 3.8) is 0 Å². The Labute approximate surface area is 174 Å². The fourth-order valence-electron chi connectivity index (χ4n) is 2.55. The minimum absolute atomic E-state index is 0. The lowest BCUT2D eigenvalue weighted by Gasteiger charge is -2.15. The standard InChI is InChI=1S/C16H22N4O6.2ClH/c17-11(25-19-13(21)7-8-14(19)22)5-3-1-2-4-6-12(18)26-20-15(23)9-10-16(20)24;;/h17-18H,1-10H2;2*1H. The van der Waals surface area contributed by atoms with E-state index in [9.17, 15) is 19.2 Å². The minimum Gasteiger partial charge on any atom is -0.354 e. The van der Waals surface area contributed by atoms with Crippen LogP contribution in [0.3, 0.4) is 0 Å². The van der Waals surface area contributed by atoms with Crippen molar-refractivity contribution >= 4 is 60.2 Å². The zero-order valence-electron chi connectivity index (χ0n) is 15.2. The van der Waals surface area contributed by atoms with Crippen molar-refractivity contribution in [3.8, 4) is 0 Å². The van der Waals surface area contributed by atoms with Crippen molar-refractivity contribution in [3.05, 3.63) is 0 Å². The number of imide groups is 2. The minimum atomic E-state index is -0.423. The van der Waals surface area contributed by atoms with E-state index in [1.54, 1.807) is 0 Å². The second-order valence-corrected chi connectivity index (χ2v) is 6.11. The number of nitrogens with one attached hydrogen (secondary N) is 2. The summed E-state index contributed by atoms with van der Waals surface area (Å²) in [5.74, 6) is -1.95. The second kappa shape index (κ2) is 12.3. The fraction of sp³-hybridized carbons (Fsp3) is 0.625. The van der Waals surface area contributed by atoms with Crippen LogP contribution < -0.4 is 0 Å². The van der Waals surface area contributed by atoms with Crippen LogP contribution >= 0.6 is 24.8 Å². The highest BCUT2D eigenvalue weighted by molar-refractivity contribution is 6.02. The Morgan fingerprint density at radius 1 is 0.643 bits per heavy atom. The molecule has 0 saturated carbocycles. The molecule has 0 aromatic rings. The predicted molar refractivity (Wildman–Crippen MR) is 102 cm³/mol. The molecule has 2 fully saturated rings. The first-order valence-electron chi connectivity index (χ1n) is 8.61. The van der Waals surface area contributed by atoms with Gasteiger partial charge in [0.25, 0.3) is 23.6 Å². The molecule has 0 aromatic heterocycles. The monoisotopic (exact) mass is 438 g/mol. The van der Waals surface area contributed by atoms with Crippen molar-refractivity contribution in [2.45, 2.75) is 64.2 Å². The number of nitrogens with zero attached hydrogens (tertiary/aromatic N) is 2. The Kier molecular flexibility index (Phi) is 11.3. The number of amides is 4. The fourth-order valence-corrected chi connectivity index (χ4v) is 2.55. The molecule has 2 heterocycles. The molecule has 0 aliphatic carbocycles. The van der Waals surface area contributed by atoms with E-state index in [1.807, 2.05) is 0 Å². The molecule has 0 unspecified atom stereocenters. The molecule has 2 saturated heterocycles. The van der Waals surface area contributed by atoms with E-state index in [-0.39, 0.29) is 62.3 Å². The molecular formula is C16H24Cl2N4O6. The second-order valence-electron chi connectivity index (χ2n) is 6.11. The molecule has 2 aliphatic rings. The van der Waals surface area contributed by atoms with Crippen LogP contribution in [0.4, 0.5) is 0 Å². The molecule has 2 aliphatic heterocycles. The molecule has 12 heteroatoms. The summed E-state index contributed by atoms with van der Waals surface area (Å²) in [7, 11) is 0. The van der Waals surface area contributed by atoms with Gasteiger partial charge in [-0.15, -0.1) is 34.9 Å². The van der Waals surface area contributed by atoms with Gasteiger partial charge in [0.2, 0.25) is 11.8 Å². The van der Waals surface area contributed by atoms with E-state index in [0.29, 0.717) is 35.8 Å². The summed E-state index contributed by atoms with van der Waals surface area (Å²) in [5, 5.41) is 16.6. The molecular weight excluding hydrogens is 415 g/mol. The van der Waals surface area contributed by atoms with Gasteiger partial charge in [0.05, 0.1) is 0 Å². The number of carbonyl (C=O) groups excluding carboxylic acids is 4. The molecule has 10 nitrogen and oxygen atoms in total. The third-order valence-electron chi connectivity index (χ3n) is 3.97. The smallest absolute Gasteiger partial charge is 0.263 e. The van der Waals surface area contributed by atoms with Gasteiger partial charge in [-0.3, -0.25) is 30.0 Å². The van der Waals surface area contributed by atoms with Crippen molar-refractivity contribution < 1.29 is 28.9 Å². The van der Waals surface area contributed by atoms with Crippen molar-refractivity contribution in [1.29, 1.82) is 10.8 Å². The summed E-state index contributed by atoms with van der Waals surface area (Å²) < 4.78 is 0. The highest BCUT2D eigenvalue weighted by atomic mass is 35.5. The Morgan fingerprint density at radius 3 is 1.21 bits per heavy atom. The Balaban J connectivity index is 0.00000364. The average Bonchev–Trinajstić information content (AvgIpc) is 3.08. The average molecular weight is 439 g/mol.